The molecule has 0 aliphatic carbocycles. The maximum atomic E-state index is 13.5. The van der Waals surface area contributed by atoms with Crippen LogP contribution in [0.25, 0.3) is 10.9 Å². The van der Waals surface area contributed by atoms with Crippen molar-refractivity contribution in [1.29, 1.82) is 0 Å². The lowest BCUT2D eigenvalue weighted by atomic mass is 10.1. The van der Waals surface area contributed by atoms with Crippen molar-refractivity contribution in [2.45, 2.75) is 13.1 Å². The molecule has 140 valence electrons. The summed E-state index contributed by atoms with van der Waals surface area (Å²) in [5, 5.41) is 5.45. The van der Waals surface area contributed by atoms with Crippen LogP contribution in [0.2, 0.25) is 0 Å². The predicted molar refractivity (Wildman–Crippen MR) is 97.3 cm³/mol. The SMILES string of the molecule is COc1ccc2nc(Nc3ccc(NC(C)=O)cc3)cc(C(F)(F)F)c2c1. The number of carbonyl (C=O) groups is 1. The van der Waals surface area contributed by atoms with Gasteiger partial charge in [-0.2, -0.15) is 13.2 Å². The van der Waals surface area contributed by atoms with E-state index in [-0.39, 0.29) is 22.6 Å². The third kappa shape index (κ3) is 4.28. The molecule has 2 N–H and O–H groups in total. The van der Waals surface area contributed by atoms with E-state index in [0.29, 0.717) is 17.1 Å². The van der Waals surface area contributed by atoms with E-state index in [9.17, 15) is 18.0 Å². The van der Waals surface area contributed by atoms with E-state index in [4.69, 9.17) is 4.74 Å². The van der Waals surface area contributed by atoms with Gasteiger partial charge in [-0.3, -0.25) is 4.79 Å². The third-order valence-corrected chi connectivity index (χ3v) is 3.80. The van der Waals surface area contributed by atoms with Crippen LogP contribution in [0.15, 0.2) is 48.5 Å². The Labute approximate surface area is 153 Å². The molecule has 0 fully saturated rings. The average Bonchev–Trinajstić information content (AvgIpc) is 2.61. The van der Waals surface area contributed by atoms with Crippen molar-refractivity contribution < 1.29 is 22.7 Å². The Morgan fingerprint density at radius 3 is 2.30 bits per heavy atom. The highest BCUT2D eigenvalue weighted by atomic mass is 19.4. The number of halogens is 3. The molecule has 1 aromatic heterocycles. The van der Waals surface area contributed by atoms with Crippen LogP contribution < -0.4 is 15.4 Å². The molecule has 8 heteroatoms. The highest BCUT2D eigenvalue weighted by Gasteiger charge is 2.33. The second-order valence-corrected chi connectivity index (χ2v) is 5.82. The van der Waals surface area contributed by atoms with Crippen LogP contribution in [0.1, 0.15) is 12.5 Å². The fourth-order valence-corrected chi connectivity index (χ4v) is 2.62. The molecule has 0 aliphatic heterocycles. The van der Waals surface area contributed by atoms with Crippen molar-refractivity contribution in [2.75, 3.05) is 17.7 Å². The van der Waals surface area contributed by atoms with E-state index >= 15 is 0 Å². The molecule has 0 bridgehead atoms. The summed E-state index contributed by atoms with van der Waals surface area (Å²) < 4.78 is 45.5. The number of anilines is 3. The number of pyridine rings is 1. The molecule has 0 saturated heterocycles. The molecule has 2 aromatic carbocycles. The van der Waals surface area contributed by atoms with Crippen LogP contribution in [0, 0.1) is 0 Å². The third-order valence-electron chi connectivity index (χ3n) is 3.80. The van der Waals surface area contributed by atoms with E-state index in [2.05, 4.69) is 15.6 Å². The molecule has 27 heavy (non-hydrogen) atoms. The Hall–Kier alpha value is -3.29. The van der Waals surface area contributed by atoms with Gasteiger partial charge in [0.2, 0.25) is 5.91 Å². The zero-order chi connectivity index (χ0) is 19.6. The fraction of sp³-hybridized carbons (Fsp3) is 0.158. The lowest BCUT2D eigenvalue weighted by molar-refractivity contribution is -0.136. The average molecular weight is 375 g/mol. The number of hydrogen-bond acceptors (Lipinski definition) is 4. The Morgan fingerprint density at radius 1 is 1.04 bits per heavy atom. The van der Waals surface area contributed by atoms with Crippen LogP contribution in [0.5, 0.6) is 5.75 Å². The number of carbonyl (C=O) groups excluding carboxylic acids is 1. The van der Waals surface area contributed by atoms with Gasteiger partial charge in [0, 0.05) is 23.7 Å². The number of nitrogens with one attached hydrogen (secondary N) is 2. The number of hydrogen-bond donors (Lipinski definition) is 2. The zero-order valence-corrected chi connectivity index (χ0v) is 14.5. The second-order valence-electron chi connectivity index (χ2n) is 5.82. The van der Waals surface area contributed by atoms with Gasteiger partial charge in [0.25, 0.3) is 0 Å². The molecular weight excluding hydrogens is 359 g/mol. The van der Waals surface area contributed by atoms with Gasteiger partial charge in [-0.1, -0.05) is 0 Å². The van der Waals surface area contributed by atoms with Crippen molar-refractivity contribution in [1.82, 2.24) is 4.98 Å². The maximum absolute atomic E-state index is 13.5. The topological polar surface area (TPSA) is 63.2 Å². The first-order chi connectivity index (χ1) is 12.8. The molecule has 0 saturated carbocycles. The van der Waals surface area contributed by atoms with Crippen molar-refractivity contribution in [3.05, 3.63) is 54.1 Å². The molecule has 0 atom stereocenters. The number of ether oxygens (including phenoxy) is 1. The van der Waals surface area contributed by atoms with Crippen molar-refractivity contribution in [3.63, 3.8) is 0 Å². The summed E-state index contributed by atoms with van der Waals surface area (Å²) in [6, 6.07) is 11.9. The van der Waals surface area contributed by atoms with Crippen LogP contribution >= 0.6 is 0 Å². The lowest BCUT2D eigenvalue weighted by Gasteiger charge is -2.14. The molecular formula is C19H16F3N3O2. The van der Waals surface area contributed by atoms with Crippen LogP contribution in [0.3, 0.4) is 0 Å². The Morgan fingerprint density at radius 2 is 1.70 bits per heavy atom. The first-order valence-electron chi connectivity index (χ1n) is 7.97. The van der Waals surface area contributed by atoms with Gasteiger partial charge in [0.05, 0.1) is 18.2 Å². The monoisotopic (exact) mass is 375 g/mol. The molecule has 3 rings (SSSR count). The number of nitrogens with zero attached hydrogens (tertiary/aromatic N) is 1. The normalized spacial score (nSPS) is 11.3. The summed E-state index contributed by atoms with van der Waals surface area (Å²) in [5.74, 6) is 0.175. The number of amides is 1. The zero-order valence-electron chi connectivity index (χ0n) is 14.5. The van der Waals surface area contributed by atoms with Crippen molar-refractivity contribution in [2.24, 2.45) is 0 Å². The largest absolute Gasteiger partial charge is 0.497 e. The van der Waals surface area contributed by atoms with Gasteiger partial charge in [0.1, 0.15) is 11.6 Å². The van der Waals surface area contributed by atoms with Crippen molar-refractivity contribution >= 4 is 34.0 Å². The van der Waals surface area contributed by atoms with Gasteiger partial charge < -0.3 is 15.4 Å². The van der Waals surface area contributed by atoms with Gasteiger partial charge >= 0.3 is 6.18 Å². The first-order valence-corrected chi connectivity index (χ1v) is 7.97. The van der Waals surface area contributed by atoms with Crippen LogP contribution in [0.4, 0.5) is 30.4 Å². The number of alkyl halides is 3. The van der Waals surface area contributed by atoms with Crippen LogP contribution in [-0.4, -0.2) is 18.0 Å². The molecule has 1 heterocycles. The summed E-state index contributed by atoms with van der Waals surface area (Å²) in [4.78, 5) is 15.3. The number of fused-ring (bicyclic) bond motifs is 1. The Bertz CT molecular complexity index is 986. The van der Waals surface area contributed by atoms with E-state index in [1.807, 2.05) is 0 Å². The fourth-order valence-electron chi connectivity index (χ4n) is 2.62. The summed E-state index contributed by atoms with van der Waals surface area (Å²) in [6.07, 6.45) is -4.54. The highest BCUT2D eigenvalue weighted by Crippen LogP contribution is 2.37. The molecule has 0 unspecified atom stereocenters. The lowest BCUT2D eigenvalue weighted by Crippen LogP contribution is -2.08. The quantitative estimate of drug-likeness (QED) is 0.676. The molecule has 5 nitrogen and oxygen atoms in total. The summed E-state index contributed by atoms with van der Waals surface area (Å²) in [7, 11) is 1.39. The van der Waals surface area contributed by atoms with E-state index in [0.717, 1.165) is 6.07 Å². The number of aromatic nitrogens is 1. The van der Waals surface area contributed by atoms with Gasteiger partial charge in [0.15, 0.2) is 0 Å². The standard InChI is InChI=1S/C19H16F3N3O2/c1-11(26)23-12-3-5-13(6-4-12)24-18-10-16(19(20,21)22)15-9-14(27-2)7-8-17(15)25-18/h3-10H,1-2H3,(H,23,26)(H,24,25). The number of rotatable bonds is 4. The molecule has 0 spiro atoms. The van der Waals surface area contributed by atoms with Crippen LogP contribution in [-0.2, 0) is 11.0 Å². The molecule has 0 radical (unpaired) electrons. The minimum atomic E-state index is -4.54. The minimum Gasteiger partial charge on any atom is -0.497 e. The maximum Gasteiger partial charge on any atom is 0.417 e. The first kappa shape index (κ1) is 18.5. The number of benzene rings is 2. The van der Waals surface area contributed by atoms with Gasteiger partial charge in [-0.15, -0.1) is 0 Å². The predicted octanol–water partition coefficient (Wildman–Crippen LogP) is 4.96. The van der Waals surface area contributed by atoms with E-state index in [1.165, 1.54) is 26.2 Å². The van der Waals surface area contributed by atoms with E-state index in [1.54, 1.807) is 30.3 Å². The molecule has 1 amide bonds. The van der Waals surface area contributed by atoms with E-state index < -0.39 is 11.7 Å². The Kier molecular flexibility index (Phi) is 4.89. The van der Waals surface area contributed by atoms with Gasteiger partial charge in [-0.25, -0.2) is 4.98 Å². The van der Waals surface area contributed by atoms with Crippen molar-refractivity contribution in [3.8, 4) is 5.75 Å². The van der Waals surface area contributed by atoms with Gasteiger partial charge in [-0.05, 0) is 48.5 Å². The highest BCUT2D eigenvalue weighted by molar-refractivity contribution is 5.89. The summed E-state index contributed by atoms with van der Waals surface area (Å²) >= 11 is 0. The molecule has 3 aromatic rings. The molecule has 0 aliphatic rings. The summed E-state index contributed by atoms with van der Waals surface area (Å²) in [5.41, 5.74) is 0.520. The second kappa shape index (κ2) is 7.14. The Balaban J connectivity index is 1.98. The number of methoxy groups -OCH3 is 1. The smallest absolute Gasteiger partial charge is 0.417 e. The summed E-state index contributed by atoms with van der Waals surface area (Å²) in [6.45, 7) is 1.39. The minimum absolute atomic E-state index is 0.0339.